The third-order valence-corrected chi connectivity index (χ3v) is 5.04. The van der Waals surface area contributed by atoms with E-state index >= 15 is 0 Å². The Hall–Kier alpha value is -2.51. The summed E-state index contributed by atoms with van der Waals surface area (Å²) >= 11 is 0. The predicted octanol–water partition coefficient (Wildman–Crippen LogP) is 2.28. The number of amides is 2. The van der Waals surface area contributed by atoms with Crippen LogP contribution in [0.25, 0.3) is 0 Å². The molecule has 2 aromatic rings. The molecule has 0 spiro atoms. The third kappa shape index (κ3) is 4.32. The van der Waals surface area contributed by atoms with Crippen LogP contribution in [0.5, 0.6) is 0 Å². The molecule has 0 bridgehead atoms. The summed E-state index contributed by atoms with van der Waals surface area (Å²) in [7, 11) is -4.24. The van der Waals surface area contributed by atoms with Gasteiger partial charge >= 0.3 is 0 Å². The summed E-state index contributed by atoms with van der Waals surface area (Å²) in [6.07, 6.45) is 0. The van der Waals surface area contributed by atoms with Crippen molar-refractivity contribution < 1.29 is 22.2 Å². The molecule has 2 amide bonds. The second kappa shape index (κ2) is 7.16. The highest BCUT2D eigenvalue weighted by atomic mass is 32.2. The zero-order valence-corrected chi connectivity index (χ0v) is 15.0. The van der Waals surface area contributed by atoms with Crippen molar-refractivity contribution in [1.29, 1.82) is 0 Å². The minimum Gasteiger partial charge on any atom is -0.294 e. The van der Waals surface area contributed by atoms with E-state index in [-0.39, 0.29) is 4.90 Å². The number of hydrogen-bond donors (Lipinski definition) is 1. The maximum Gasteiger partial charge on any atom is 0.298 e. The first-order chi connectivity index (χ1) is 11.6. The van der Waals surface area contributed by atoms with E-state index in [0.29, 0.717) is 5.56 Å². The molecule has 0 radical (unpaired) electrons. The molecule has 1 unspecified atom stereocenters. The van der Waals surface area contributed by atoms with Crippen LogP contribution in [0.3, 0.4) is 0 Å². The zero-order chi connectivity index (χ0) is 18.7. The van der Waals surface area contributed by atoms with Gasteiger partial charge in [0.15, 0.2) is 5.60 Å². The number of benzene rings is 2. The summed E-state index contributed by atoms with van der Waals surface area (Å²) in [6.45, 7) is 4.30. The van der Waals surface area contributed by atoms with Crippen LogP contribution >= 0.6 is 0 Å². The second-order valence-electron chi connectivity index (χ2n) is 5.76. The number of carbonyl (C=O) groups is 2. The number of hydrogen-bond acceptors (Lipinski definition) is 5. The van der Waals surface area contributed by atoms with Gasteiger partial charge in [-0.25, -0.2) is 4.18 Å². The van der Waals surface area contributed by atoms with Crippen molar-refractivity contribution in [2.75, 3.05) is 0 Å². The van der Waals surface area contributed by atoms with Gasteiger partial charge in [0, 0.05) is 6.92 Å². The van der Waals surface area contributed by atoms with E-state index in [1.165, 1.54) is 19.1 Å². The summed E-state index contributed by atoms with van der Waals surface area (Å²) in [5.41, 5.74) is -0.694. The Bertz CT molecular complexity index is 875. The van der Waals surface area contributed by atoms with E-state index in [2.05, 4.69) is 5.32 Å². The summed E-state index contributed by atoms with van der Waals surface area (Å²) in [6, 6.07) is 14.2. The fourth-order valence-corrected chi connectivity index (χ4v) is 3.40. The molecule has 0 heterocycles. The van der Waals surface area contributed by atoms with Crippen LogP contribution in [0.15, 0.2) is 59.5 Å². The predicted molar refractivity (Wildman–Crippen MR) is 92.1 cm³/mol. The van der Waals surface area contributed by atoms with Crippen LogP contribution in [0.4, 0.5) is 0 Å². The van der Waals surface area contributed by atoms with Gasteiger partial charge in [-0.1, -0.05) is 48.0 Å². The van der Waals surface area contributed by atoms with Gasteiger partial charge in [-0.3, -0.25) is 14.9 Å². The molecule has 132 valence electrons. The topological polar surface area (TPSA) is 89.5 Å². The van der Waals surface area contributed by atoms with E-state index in [1.54, 1.807) is 42.5 Å². The van der Waals surface area contributed by atoms with Gasteiger partial charge in [0.2, 0.25) is 5.91 Å². The molecule has 2 aromatic carbocycles. The van der Waals surface area contributed by atoms with Crippen LogP contribution in [-0.2, 0) is 29.5 Å². The molecule has 2 rings (SSSR count). The molecule has 1 atom stereocenters. The van der Waals surface area contributed by atoms with Gasteiger partial charge in [-0.05, 0) is 31.5 Å². The van der Waals surface area contributed by atoms with E-state index in [9.17, 15) is 18.0 Å². The lowest BCUT2D eigenvalue weighted by Gasteiger charge is -2.27. The molecule has 25 heavy (non-hydrogen) atoms. The second-order valence-corrected chi connectivity index (χ2v) is 7.31. The molecule has 0 aliphatic rings. The highest BCUT2D eigenvalue weighted by Crippen LogP contribution is 2.30. The molecular formula is C18H19NO5S. The van der Waals surface area contributed by atoms with Gasteiger partial charge < -0.3 is 0 Å². The van der Waals surface area contributed by atoms with Crippen molar-refractivity contribution in [2.45, 2.75) is 31.3 Å². The molecule has 7 heteroatoms. The van der Waals surface area contributed by atoms with Crippen LogP contribution in [0.2, 0.25) is 0 Å². The number of imide groups is 1. The average molecular weight is 361 g/mol. The quantitative estimate of drug-likeness (QED) is 0.825. The molecule has 6 nitrogen and oxygen atoms in total. The maximum absolute atomic E-state index is 12.6. The first-order valence-corrected chi connectivity index (χ1v) is 8.96. The van der Waals surface area contributed by atoms with Crippen molar-refractivity contribution in [2.24, 2.45) is 0 Å². The summed E-state index contributed by atoms with van der Waals surface area (Å²) in [4.78, 5) is 23.7. The fourth-order valence-electron chi connectivity index (χ4n) is 2.22. The van der Waals surface area contributed by atoms with Gasteiger partial charge in [0.25, 0.3) is 16.0 Å². The normalized spacial score (nSPS) is 13.7. The SMILES string of the molecule is CC(=O)NC(=O)C(C)(OS(=O)(=O)c1ccc(C)cc1)c1ccccc1. The largest absolute Gasteiger partial charge is 0.298 e. The third-order valence-electron chi connectivity index (χ3n) is 3.63. The summed E-state index contributed by atoms with van der Waals surface area (Å²) < 4.78 is 30.6. The summed E-state index contributed by atoms with van der Waals surface area (Å²) in [5, 5.41) is 2.10. The van der Waals surface area contributed by atoms with Crippen molar-refractivity contribution in [3.05, 3.63) is 65.7 Å². The highest BCUT2D eigenvalue weighted by molar-refractivity contribution is 7.86. The van der Waals surface area contributed by atoms with Gasteiger partial charge in [0.1, 0.15) is 0 Å². The molecule has 0 aliphatic heterocycles. The molecule has 0 fully saturated rings. The molecular weight excluding hydrogens is 342 g/mol. The van der Waals surface area contributed by atoms with Crippen molar-refractivity contribution in [3.8, 4) is 0 Å². The molecule has 0 aliphatic carbocycles. The molecule has 0 saturated carbocycles. The van der Waals surface area contributed by atoms with Crippen molar-refractivity contribution >= 4 is 21.9 Å². The van der Waals surface area contributed by atoms with Crippen LogP contribution in [0, 0.1) is 6.92 Å². The highest BCUT2D eigenvalue weighted by Gasteiger charge is 2.42. The van der Waals surface area contributed by atoms with Crippen molar-refractivity contribution in [1.82, 2.24) is 5.32 Å². The first kappa shape index (κ1) is 18.8. The van der Waals surface area contributed by atoms with E-state index in [4.69, 9.17) is 4.18 Å². The number of nitrogens with one attached hydrogen (secondary N) is 1. The minimum absolute atomic E-state index is 0.0733. The summed E-state index contributed by atoms with van der Waals surface area (Å²) in [5.74, 6) is -1.47. The standard InChI is InChI=1S/C18H19NO5S/c1-13-9-11-16(12-10-13)25(22,23)24-18(3,17(21)19-14(2)20)15-7-5-4-6-8-15/h4-12H,1-3H3,(H,19,20,21). The van der Waals surface area contributed by atoms with Crippen LogP contribution in [0.1, 0.15) is 25.0 Å². The number of carbonyl (C=O) groups excluding carboxylic acids is 2. The fraction of sp³-hybridized carbons (Fsp3) is 0.222. The van der Waals surface area contributed by atoms with E-state index in [1.807, 2.05) is 6.92 Å². The van der Waals surface area contributed by atoms with Gasteiger partial charge in [-0.15, -0.1) is 0 Å². The van der Waals surface area contributed by atoms with Crippen molar-refractivity contribution in [3.63, 3.8) is 0 Å². The Morgan fingerprint density at radius 3 is 2.08 bits per heavy atom. The minimum atomic E-state index is -4.24. The Labute approximate surface area is 146 Å². The maximum atomic E-state index is 12.6. The Morgan fingerprint density at radius 1 is 1.00 bits per heavy atom. The molecule has 0 aromatic heterocycles. The Kier molecular flexibility index (Phi) is 5.39. The Morgan fingerprint density at radius 2 is 1.56 bits per heavy atom. The van der Waals surface area contributed by atoms with Gasteiger partial charge in [0.05, 0.1) is 4.90 Å². The monoisotopic (exact) mass is 361 g/mol. The van der Waals surface area contributed by atoms with Crippen LogP contribution < -0.4 is 5.32 Å². The first-order valence-electron chi connectivity index (χ1n) is 7.55. The van der Waals surface area contributed by atoms with Gasteiger partial charge in [-0.2, -0.15) is 8.42 Å². The number of aryl methyl sites for hydroxylation is 1. The number of rotatable bonds is 5. The zero-order valence-electron chi connectivity index (χ0n) is 14.1. The van der Waals surface area contributed by atoms with Crippen LogP contribution in [-0.4, -0.2) is 20.2 Å². The average Bonchev–Trinajstić information content (AvgIpc) is 2.55. The van der Waals surface area contributed by atoms with E-state index in [0.717, 1.165) is 12.5 Å². The van der Waals surface area contributed by atoms with E-state index < -0.39 is 27.5 Å². The lowest BCUT2D eigenvalue weighted by Crippen LogP contribution is -2.47. The molecule has 1 N–H and O–H groups in total. The smallest absolute Gasteiger partial charge is 0.294 e. The lowest BCUT2D eigenvalue weighted by atomic mass is 9.95. The molecule has 0 saturated heterocycles. The lowest BCUT2D eigenvalue weighted by molar-refractivity contribution is -0.140. The Balaban J connectivity index is 2.47.